The van der Waals surface area contributed by atoms with Gasteiger partial charge in [0.05, 0.1) is 12.4 Å². The number of anilines is 1. The fraction of sp³-hybridized carbons (Fsp3) is 0.375. The fourth-order valence-corrected chi connectivity index (χ4v) is 0.830. The van der Waals surface area contributed by atoms with E-state index in [1.54, 1.807) is 0 Å². The summed E-state index contributed by atoms with van der Waals surface area (Å²) >= 11 is 0. The van der Waals surface area contributed by atoms with Crippen LogP contribution < -0.4 is 5.32 Å². The average molecular weight is 225 g/mol. The van der Waals surface area contributed by atoms with Gasteiger partial charge in [0, 0.05) is 7.05 Å². The molecule has 0 aliphatic rings. The summed E-state index contributed by atoms with van der Waals surface area (Å²) in [6.45, 7) is 1.39. The molecule has 2 amide bonds. The number of rotatable bonds is 3. The van der Waals surface area contributed by atoms with Crippen molar-refractivity contribution in [2.75, 3.05) is 12.4 Å². The van der Waals surface area contributed by atoms with Gasteiger partial charge in [-0.1, -0.05) is 0 Å². The standard InChI is InChI=1S/C8H11N5O3/c1-5(6(14)15)13(2)8(16)11-7-9-3-4-10-12-7/h3-5H,1-2H3,(H,14,15)(H,9,11,12,16). The molecule has 0 aromatic carbocycles. The normalized spacial score (nSPS) is 11.6. The summed E-state index contributed by atoms with van der Waals surface area (Å²) < 4.78 is 0. The molecule has 8 heteroatoms. The summed E-state index contributed by atoms with van der Waals surface area (Å²) in [4.78, 5) is 26.9. The summed E-state index contributed by atoms with van der Waals surface area (Å²) in [5.41, 5.74) is 0. The van der Waals surface area contributed by atoms with Crippen molar-refractivity contribution in [3.05, 3.63) is 12.4 Å². The predicted molar refractivity (Wildman–Crippen MR) is 53.7 cm³/mol. The summed E-state index contributed by atoms with van der Waals surface area (Å²) in [5.74, 6) is -1.07. The van der Waals surface area contributed by atoms with Crippen LogP contribution in [0.1, 0.15) is 6.92 Å². The van der Waals surface area contributed by atoms with E-state index in [0.717, 1.165) is 4.90 Å². The van der Waals surface area contributed by atoms with E-state index < -0.39 is 18.0 Å². The molecule has 0 bridgehead atoms. The molecule has 86 valence electrons. The molecule has 0 radical (unpaired) electrons. The van der Waals surface area contributed by atoms with Crippen molar-refractivity contribution in [3.8, 4) is 0 Å². The zero-order valence-corrected chi connectivity index (χ0v) is 8.78. The molecule has 8 nitrogen and oxygen atoms in total. The molecule has 0 saturated carbocycles. The number of aromatic nitrogens is 3. The van der Waals surface area contributed by atoms with Gasteiger partial charge in [-0.15, -0.1) is 5.10 Å². The molecule has 0 aliphatic carbocycles. The van der Waals surface area contributed by atoms with Crippen LogP contribution in [0.15, 0.2) is 12.4 Å². The summed E-state index contributed by atoms with van der Waals surface area (Å²) in [7, 11) is 1.37. The van der Waals surface area contributed by atoms with Crippen molar-refractivity contribution >= 4 is 17.9 Å². The maximum Gasteiger partial charge on any atom is 0.326 e. The van der Waals surface area contributed by atoms with Crippen molar-refractivity contribution in [2.24, 2.45) is 0 Å². The van der Waals surface area contributed by atoms with Gasteiger partial charge in [-0.05, 0) is 6.92 Å². The molecule has 1 aromatic heterocycles. The number of hydrogen-bond acceptors (Lipinski definition) is 5. The van der Waals surface area contributed by atoms with E-state index in [9.17, 15) is 9.59 Å². The highest BCUT2D eigenvalue weighted by Crippen LogP contribution is 2.00. The van der Waals surface area contributed by atoms with Crippen LogP contribution in [-0.4, -0.2) is 50.3 Å². The predicted octanol–water partition coefficient (Wildman–Crippen LogP) is -0.192. The van der Waals surface area contributed by atoms with Gasteiger partial charge in [-0.3, -0.25) is 5.32 Å². The molecule has 1 rings (SSSR count). The second-order valence-electron chi connectivity index (χ2n) is 3.02. The van der Waals surface area contributed by atoms with Crippen LogP contribution in [0, 0.1) is 0 Å². The molecule has 1 aromatic rings. The van der Waals surface area contributed by atoms with Gasteiger partial charge in [0.15, 0.2) is 0 Å². The van der Waals surface area contributed by atoms with E-state index in [0.29, 0.717) is 0 Å². The third-order valence-electron chi connectivity index (χ3n) is 1.96. The van der Waals surface area contributed by atoms with E-state index in [1.807, 2.05) is 0 Å². The van der Waals surface area contributed by atoms with Gasteiger partial charge >= 0.3 is 12.0 Å². The molecule has 1 unspecified atom stereocenters. The minimum Gasteiger partial charge on any atom is -0.480 e. The first-order valence-corrected chi connectivity index (χ1v) is 4.42. The smallest absolute Gasteiger partial charge is 0.326 e. The van der Waals surface area contributed by atoms with Crippen molar-refractivity contribution in [2.45, 2.75) is 13.0 Å². The summed E-state index contributed by atoms with van der Waals surface area (Å²) in [5, 5.41) is 18.1. The largest absolute Gasteiger partial charge is 0.480 e. The number of likely N-dealkylation sites (N-methyl/N-ethyl adjacent to an activating group) is 1. The van der Waals surface area contributed by atoms with Crippen molar-refractivity contribution in [3.63, 3.8) is 0 Å². The highest BCUT2D eigenvalue weighted by atomic mass is 16.4. The summed E-state index contributed by atoms with van der Waals surface area (Å²) in [6.07, 6.45) is 2.72. The van der Waals surface area contributed by atoms with Gasteiger partial charge in [-0.25, -0.2) is 14.6 Å². The lowest BCUT2D eigenvalue weighted by atomic mass is 10.3. The second-order valence-corrected chi connectivity index (χ2v) is 3.02. The molecule has 0 fully saturated rings. The average Bonchev–Trinajstić information content (AvgIpc) is 2.28. The van der Waals surface area contributed by atoms with Crippen LogP contribution in [0.4, 0.5) is 10.7 Å². The highest BCUT2D eigenvalue weighted by Gasteiger charge is 2.22. The Balaban J connectivity index is 2.63. The number of carboxylic acids is 1. The van der Waals surface area contributed by atoms with Gasteiger partial charge in [-0.2, -0.15) is 5.10 Å². The van der Waals surface area contributed by atoms with Gasteiger partial charge in [0.2, 0.25) is 0 Å². The van der Waals surface area contributed by atoms with E-state index in [-0.39, 0.29) is 5.95 Å². The Bertz CT molecular complexity index is 383. The lowest BCUT2D eigenvalue weighted by molar-refractivity contribution is -0.141. The number of carbonyl (C=O) groups is 2. The number of carbonyl (C=O) groups excluding carboxylic acids is 1. The Morgan fingerprint density at radius 1 is 1.50 bits per heavy atom. The maximum atomic E-state index is 11.5. The van der Waals surface area contributed by atoms with Crippen LogP contribution in [0.5, 0.6) is 0 Å². The van der Waals surface area contributed by atoms with Crippen LogP contribution in [0.3, 0.4) is 0 Å². The molecule has 1 atom stereocenters. The monoisotopic (exact) mass is 225 g/mol. The number of urea groups is 1. The minimum atomic E-state index is -1.09. The fourth-order valence-electron chi connectivity index (χ4n) is 0.830. The molecule has 2 N–H and O–H groups in total. The Morgan fingerprint density at radius 3 is 2.69 bits per heavy atom. The zero-order valence-electron chi connectivity index (χ0n) is 8.78. The molecule has 0 saturated heterocycles. The first-order chi connectivity index (χ1) is 7.52. The Morgan fingerprint density at radius 2 is 2.19 bits per heavy atom. The first kappa shape index (κ1) is 11.8. The Labute approximate surface area is 91.3 Å². The molecular formula is C8H11N5O3. The highest BCUT2D eigenvalue weighted by molar-refractivity contribution is 5.90. The topological polar surface area (TPSA) is 108 Å². The third kappa shape index (κ3) is 2.87. The number of hydrogen-bond donors (Lipinski definition) is 2. The number of aliphatic carboxylic acids is 1. The number of nitrogens with one attached hydrogen (secondary N) is 1. The second kappa shape index (κ2) is 5.01. The molecule has 0 spiro atoms. The lowest BCUT2D eigenvalue weighted by Crippen LogP contribution is -2.42. The number of carboxylic acid groups (broad SMARTS) is 1. The van der Waals surface area contributed by atoms with E-state index in [1.165, 1.54) is 26.4 Å². The lowest BCUT2D eigenvalue weighted by Gasteiger charge is -2.20. The van der Waals surface area contributed by atoms with E-state index in [2.05, 4.69) is 20.5 Å². The molecule has 16 heavy (non-hydrogen) atoms. The van der Waals surface area contributed by atoms with Gasteiger partial charge in [0.1, 0.15) is 6.04 Å². The maximum absolute atomic E-state index is 11.5. The quantitative estimate of drug-likeness (QED) is 0.737. The van der Waals surface area contributed by atoms with Crippen LogP contribution in [0.25, 0.3) is 0 Å². The molecular weight excluding hydrogens is 214 g/mol. The third-order valence-corrected chi connectivity index (χ3v) is 1.96. The summed E-state index contributed by atoms with van der Waals surface area (Å²) in [6, 6.07) is -1.54. The molecule has 0 aliphatic heterocycles. The number of amides is 2. The minimum absolute atomic E-state index is 0.0249. The van der Waals surface area contributed by atoms with Crippen LogP contribution in [-0.2, 0) is 4.79 Å². The first-order valence-electron chi connectivity index (χ1n) is 4.42. The Kier molecular flexibility index (Phi) is 3.70. The number of nitrogens with zero attached hydrogens (tertiary/aromatic N) is 4. The van der Waals surface area contributed by atoms with Gasteiger partial charge < -0.3 is 10.0 Å². The molecule has 1 heterocycles. The van der Waals surface area contributed by atoms with Crippen LogP contribution in [0.2, 0.25) is 0 Å². The van der Waals surface area contributed by atoms with Crippen molar-refractivity contribution in [1.29, 1.82) is 0 Å². The van der Waals surface area contributed by atoms with Crippen molar-refractivity contribution in [1.82, 2.24) is 20.1 Å². The van der Waals surface area contributed by atoms with Gasteiger partial charge in [0.25, 0.3) is 5.95 Å². The van der Waals surface area contributed by atoms with E-state index in [4.69, 9.17) is 5.11 Å². The Hall–Kier alpha value is -2.25. The van der Waals surface area contributed by atoms with Crippen molar-refractivity contribution < 1.29 is 14.7 Å². The SMILES string of the molecule is CC(C(=O)O)N(C)C(=O)Nc1nccnn1. The van der Waals surface area contributed by atoms with Crippen LogP contribution >= 0.6 is 0 Å². The zero-order chi connectivity index (χ0) is 12.1. The van der Waals surface area contributed by atoms with E-state index >= 15 is 0 Å².